The number of carboxylic acid groups (broad SMARTS) is 1. The van der Waals surface area contributed by atoms with E-state index in [1.165, 1.54) is 0 Å². The van der Waals surface area contributed by atoms with Gasteiger partial charge in [-0.1, -0.05) is 5.16 Å². The first kappa shape index (κ1) is 13.6. The molecule has 0 aromatic carbocycles. The van der Waals surface area contributed by atoms with Crippen molar-refractivity contribution in [2.45, 2.75) is 25.0 Å². The number of rotatable bonds is 7. The van der Waals surface area contributed by atoms with Crippen LogP contribution in [0.25, 0.3) is 11.4 Å². The Morgan fingerprint density at radius 2 is 2.40 bits per heavy atom. The molecule has 1 aliphatic carbocycles. The topological polar surface area (TPSA) is 76.2 Å². The Morgan fingerprint density at radius 3 is 3.05 bits per heavy atom. The van der Waals surface area contributed by atoms with Crippen LogP contribution in [0.5, 0.6) is 0 Å². The molecule has 2 heterocycles. The lowest BCUT2D eigenvalue weighted by Crippen LogP contribution is -2.11. The Kier molecular flexibility index (Phi) is 3.80. The van der Waals surface area contributed by atoms with E-state index in [2.05, 4.69) is 10.1 Å². The third-order valence-electron chi connectivity index (χ3n) is 3.36. The SMILES string of the molecule is O=C(O)CC1(CSCc2nc(-c3ccsc3)no2)CC1. The molecule has 0 radical (unpaired) electrons. The van der Waals surface area contributed by atoms with Crippen molar-refractivity contribution in [2.24, 2.45) is 5.41 Å². The number of hydrogen-bond donors (Lipinski definition) is 1. The molecule has 7 heteroatoms. The fourth-order valence-electron chi connectivity index (χ4n) is 2.05. The van der Waals surface area contributed by atoms with Gasteiger partial charge in [-0.15, -0.1) is 0 Å². The first-order valence-corrected chi connectivity index (χ1v) is 8.41. The van der Waals surface area contributed by atoms with Crippen LogP contribution in [0.2, 0.25) is 0 Å². The minimum absolute atomic E-state index is 0.00666. The predicted molar refractivity (Wildman–Crippen MR) is 77.7 cm³/mol. The van der Waals surface area contributed by atoms with Gasteiger partial charge in [0.1, 0.15) is 0 Å². The van der Waals surface area contributed by atoms with Gasteiger partial charge in [-0.25, -0.2) is 0 Å². The number of carbonyl (C=O) groups is 1. The summed E-state index contributed by atoms with van der Waals surface area (Å²) in [4.78, 5) is 15.1. The highest BCUT2D eigenvalue weighted by Crippen LogP contribution is 2.51. The molecular formula is C13H14N2O3S2. The summed E-state index contributed by atoms with van der Waals surface area (Å²) in [7, 11) is 0. The van der Waals surface area contributed by atoms with Crippen LogP contribution in [-0.2, 0) is 10.5 Å². The third-order valence-corrected chi connectivity index (χ3v) is 5.32. The Bertz CT molecular complexity index is 591. The third kappa shape index (κ3) is 3.21. The van der Waals surface area contributed by atoms with Crippen molar-refractivity contribution in [3.05, 3.63) is 22.7 Å². The summed E-state index contributed by atoms with van der Waals surface area (Å²) in [6.07, 6.45) is 2.29. The molecule has 5 nitrogen and oxygen atoms in total. The Morgan fingerprint density at radius 1 is 1.55 bits per heavy atom. The minimum Gasteiger partial charge on any atom is -0.481 e. The van der Waals surface area contributed by atoms with E-state index in [1.807, 2.05) is 16.8 Å². The molecule has 0 bridgehead atoms. The fraction of sp³-hybridized carbons (Fsp3) is 0.462. The van der Waals surface area contributed by atoms with Crippen LogP contribution in [0, 0.1) is 5.41 Å². The van der Waals surface area contributed by atoms with Crippen molar-refractivity contribution in [2.75, 3.05) is 5.75 Å². The summed E-state index contributed by atoms with van der Waals surface area (Å²) in [5, 5.41) is 16.8. The van der Waals surface area contributed by atoms with Gasteiger partial charge in [0, 0.05) is 10.9 Å². The molecule has 106 valence electrons. The van der Waals surface area contributed by atoms with Gasteiger partial charge in [0.25, 0.3) is 0 Å². The molecule has 0 spiro atoms. The zero-order valence-electron chi connectivity index (χ0n) is 10.7. The standard InChI is InChI=1S/C13H14N2O3S2/c16-11(17)5-13(2-3-13)8-20-7-10-14-12(15-18-10)9-1-4-19-6-9/h1,4,6H,2-3,5,7-8H2,(H,16,17). The van der Waals surface area contributed by atoms with Gasteiger partial charge in [0.15, 0.2) is 0 Å². The Labute approximate surface area is 124 Å². The van der Waals surface area contributed by atoms with Crippen LogP contribution in [-0.4, -0.2) is 27.0 Å². The van der Waals surface area contributed by atoms with Gasteiger partial charge in [-0.2, -0.15) is 28.1 Å². The summed E-state index contributed by atoms with van der Waals surface area (Å²) in [6, 6.07) is 1.96. The highest BCUT2D eigenvalue weighted by Gasteiger charge is 2.44. The first-order chi connectivity index (χ1) is 9.67. The van der Waals surface area contributed by atoms with E-state index >= 15 is 0 Å². The van der Waals surface area contributed by atoms with Crippen molar-refractivity contribution in [1.82, 2.24) is 10.1 Å². The zero-order valence-corrected chi connectivity index (χ0v) is 12.4. The lowest BCUT2D eigenvalue weighted by molar-refractivity contribution is -0.138. The largest absolute Gasteiger partial charge is 0.481 e. The monoisotopic (exact) mass is 310 g/mol. The fourth-order valence-corrected chi connectivity index (χ4v) is 3.90. The lowest BCUT2D eigenvalue weighted by Gasteiger charge is -2.10. The summed E-state index contributed by atoms with van der Waals surface area (Å²) in [5.41, 5.74) is 0.978. The summed E-state index contributed by atoms with van der Waals surface area (Å²) >= 11 is 3.27. The van der Waals surface area contributed by atoms with E-state index in [4.69, 9.17) is 9.63 Å². The number of thioether (sulfide) groups is 1. The van der Waals surface area contributed by atoms with Crippen LogP contribution in [0.3, 0.4) is 0 Å². The van der Waals surface area contributed by atoms with E-state index in [0.717, 1.165) is 24.2 Å². The molecule has 0 amide bonds. The van der Waals surface area contributed by atoms with Crippen molar-refractivity contribution in [3.8, 4) is 11.4 Å². The molecule has 2 aromatic rings. The molecule has 1 saturated carbocycles. The number of aliphatic carboxylic acids is 1. The highest BCUT2D eigenvalue weighted by atomic mass is 32.2. The van der Waals surface area contributed by atoms with Crippen molar-refractivity contribution in [3.63, 3.8) is 0 Å². The van der Waals surface area contributed by atoms with Gasteiger partial charge in [0.2, 0.25) is 11.7 Å². The van der Waals surface area contributed by atoms with E-state index in [9.17, 15) is 4.79 Å². The highest BCUT2D eigenvalue weighted by molar-refractivity contribution is 7.98. The van der Waals surface area contributed by atoms with Gasteiger partial charge < -0.3 is 9.63 Å². The Balaban J connectivity index is 1.51. The van der Waals surface area contributed by atoms with Gasteiger partial charge in [-0.3, -0.25) is 4.79 Å². The second-order valence-corrected chi connectivity index (χ2v) is 6.85. The molecule has 0 saturated heterocycles. The predicted octanol–water partition coefficient (Wildman–Crippen LogP) is 3.29. The maximum Gasteiger partial charge on any atom is 0.303 e. The second kappa shape index (κ2) is 5.57. The molecule has 3 rings (SSSR count). The molecule has 2 aromatic heterocycles. The number of aromatic nitrogens is 2. The summed E-state index contributed by atoms with van der Waals surface area (Å²) < 4.78 is 5.21. The van der Waals surface area contributed by atoms with Gasteiger partial charge in [-0.05, 0) is 35.5 Å². The Hall–Kier alpha value is -1.34. The molecule has 0 aliphatic heterocycles. The van der Waals surface area contributed by atoms with Crippen LogP contribution in [0.15, 0.2) is 21.3 Å². The maximum absolute atomic E-state index is 10.8. The number of hydrogen-bond acceptors (Lipinski definition) is 6. The molecule has 0 atom stereocenters. The van der Waals surface area contributed by atoms with Gasteiger partial charge in [0.05, 0.1) is 12.2 Å². The maximum atomic E-state index is 10.8. The minimum atomic E-state index is -0.708. The molecule has 1 aliphatic rings. The normalized spacial score (nSPS) is 16.2. The van der Waals surface area contributed by atoms with E-state index in [1.54, 1.807) is 23.1 Å². The molecular weight excluding hydrogens is 296 g/mol. The van der Waals surface area contributed by atoms with Crippen molar-refractivity contribution >= 4 is 29.1 Å². The second-order valence-electron chi connectivity index (χ2n) is 5.09. The van der Waals surface area contributed by atoms with Crippen molar-refractivity contribution in [1.29, 1.82) is 0 Å². The van der Waals surface area contributed by atoms with Crippen LogP contribution in [0.1, 0.15) is 25.2 Å². The molecule has 0 unspecified atom stereocenters. The molecule has 1 fully saturated rings. The summed E-state index contributed by atoms with van der Waals surface area (Å²) in [5.74, 6) is 1.99. The van der Waals surface area contributed by atoms with Crippen molar-refractivity contribution < 1.29 is 14.4 Å². The smallest absolute Gasteiger partial charge is 0.303 e. The lowest BCUT2D eigenvalue weighted by atomic mass is 10.1. The van der Waals surface area contributed by atoms with Crippen LogP contribution in [0.4, 0.5) is 0 Å². The van der Waals surface area contributed by atoms with Crippen LogP contribution >= 0.6 is 23.1 Å². The number of nitrogens with zero attached hydrogens (tertiary/aromatic N) is 2. The number of thiophene rings is 1. The van der Waals surface area contributed by atoms with Crippen LogP contribution < -0.4 is 0 Å². The summed E-state index contributed by atoms with van der Waals surface area (Å²) in [6.45, 7) is 0. The van der Waals surface area contributed by atoms with E-state index < -0.39 is 5.97 Å². The van der Waals surface area contributed by atoms with Gasteiger partial charge >= 0.3 is 5.97 Å². The number of carboxylic acids is 1. The average molecular weight is 310 g/mol. The zero-order chi connectivity index (χ0) is 14.0. The first-order valence-electron chi connectivity index (χ1n) is 6.32. The van der Waals surface area contributed by atoms with E-state index in [-0.39, 0.29) is 11.8 Å². The average Bonchev–Trinajstić information content (AvgIpc) is 2.86. The molecule has 20 heavy (non-hydrogen) atoms. The van der Waals surface area contributed by atoms with E-state index in [0.29, 0.717) is 17.5 Å². The molecule has 1 N–H and O–H groups in total. The quantitative estimate of drug-likeness (QED) is 0.845.